The van der Waals surface area contributed by atoms with Crippen molar-refractivity contribution in [2.45, 2.75) is 38.0 Å². The van der Waals surface area contributed by atoms with Gasteiger partial charge >= 0.3 is 0 Å². The van der Waals surface area contributed by atoms with Crippen LogP contribution in [0.3, 0.4) is 0 Å². The minimum Gasteiger partial charge on any atom is -0.384 e. The molecule has 0 radical (unpaired) electrons. The Morgan fingerprint density at radius 1 is 1.22 bits per heavy atom. The fourth-order valence-corrected chi connectivity index (χ4v) is 3.10. The third-order valence-electron chi connectivity index (χ3n) is 3.87. The van der Waals surface area contributed by atoms with Crippen molar-refractivity contribution in [3.63, 3.8) is 0 Å². The standard InChI is InChI=1S/C14H21NO2S/c1-3-18(16,17)13-7-5-12(6-8-13)15-11-14(2)9-4-10-14/h5-8,15H,3-4,9-11H2,1-2H3. The van der Waals surface area contributed by atoms with Crippen LogP contribution in [-0.4, -0.2) is 20.7 Å². The van der Waals surface area contributed by atoms with E-state index >= 15 is 0 Å². The first-order valence-corrected chi connectivity index (χ1v) is 8.17. The van der Waals surface area contributed by atoms with Crippen LogP contribution in [0.2, 0.25) is 0 Å². The third kappa shape index (κ3) is 2.86. The van der Waals surface area contributed by atoms with E-state index < -0.39 is 9.84 Å². The van der Waals surface area contributed by atoms with Gasteiger partial charge in [-0.05, 0) is 42.5 Å². The van der Waals surface area contributed by atoms with Crippen LogP contribution in [0.5, 0.6) is 0 Å². The summed E-state index contributed by atoms with van der Waals surface area (Å²) >= 11 is 0. The molecule has 1 aromatic rings. The van der Waals surface area contributed by atoms with E-state index in [-0.39, 0.29) is 5.75 Å². The second-order valence-electron chi connectivity index (χ2n) is 5.45. The Bertz CT molecular complexity index is 501. The topological polar surface area (TPSA) is 46.2 Å². The molecule has 0 atom stereocenters. The predicted octanol–water partition coefficient (Wildman–Crippen LogP) is 3.08. The molecule has 1 N–H and O–H groups in total. The van der Waals surface area contributed by atoms with Crippen molar-refractivity contribution < 1.29 is 8.42 Å². The Hall–Kier alpha value is -1.03. The van der Waals surface area contributed by atoms with Crippen LogP contribution in [0.25, 0.3) is 0 Å². The number of hydrogen-bond acceptors (Lipinski definition) is 3. The van der Waals surface area contributed by atoms with Crippen LogP contribution >= 0.6 is 0 Å². The zero-order valence-corrected chi connectivity index (χ0v) is 11.9. The zero-order chi connectivity index (χ0) is 13.2. The van der Waals surface area contributed by atoms with Crippen LogP contribution in [0, 0.1) is 5.41 Å². The van der Waals surface area contributed by atoms with E-state index in [1.165, 1.54) is 19.3 Å². The summed E-state index contributed by atoms with van der Waals surface area (Å²) in [7, 11) is -3.08. The van der Waals surface area contributed by atoms with Crippen molar-refractivity contribution in [2.24, 2.45) is 5.41 Å². The highest BCUT2D eigenvalue weighted by Crippen LogP contribution is 2.40. The Kier molecular flexibility index (Phi) is 3.66. The minimum absolute atomic E-state index is 0.151. The molecule has 0 unspecified atom stereocenters. The molecule has 0 bridgehead atoms. The van der Waals surface area contributed by atoms with E-state index in [0.29, 0.717) is 10.3 Å². The number of hydrogen-bond donors (Lipinski definition) is 1. The molecular formula is C14H21NO2S. The maximum atomic E-state index is 11.7. The highest BCUT2D eigenvalue weighted by molar-refractivity contribution is 7.91. The molecule has 0 aromatic heterocycles. The Morgan fingerprint density at radius 3 is 2.28 bits per heavy atom. The third-order valence-corrected chi connectivity index (χ3v) is 5.62. The van der Waals surface area contributed by atoms with E-state index in [2.05, 4.69) is 12.2 Å². The SMILES string of the molecule is CCS(=O)(=O)c1ccc(NCC2(C)CCC2)cc1. The molecule has 3 nitrogen and oxygen atoms in total. The van der Waals surface area contributed by atoms with Crippen molar-refractivity contribution in [3.05, 3.63) is 24.3 Å². The van der Waals surface area contributed by atoms with Crippen molar-refractivity contribution in [1.82, 2.24) is 0 Å². The van der Waals surface area contributed by atoms with Gasteiger partial charge in [0.25, 0.3) is 0 Å². The van der Waals surface area contributed by atoms with Crippen molar-refractivity contribution >= 4 is 15.5 Å². The summed E-state index contributed by atoms with van der Waals surface area (Å²) in [4.78, 5) is 0.408. The molecule has 18 heavy (non-hydrogen) atoms. The van der Waals surface area contributed by atoms with E-state index in [1.54, 1.807) is 19.1 Å². The molecule has 0 amide bonds. The largest absolute Gasteiger partial charge is 0.384 e. The van der Waals surface area contributed by atoms with Gasteiger partial charge in [-0.25, -0.2) is 8.42 Å². The maximum absolute atomic E-state index is 11.7. The molecule has 0 spiro atoms. The fourth-order valence-electron chi connectivity index (χ4n) is 2.22. The number of anilines is 1. The first-order valence-electron chi connectivity index (χ1n) is 6.52. The predicted molar refractivity (Wildman–Crippen MR) is 74.6 cm³/mol. The molecule has 4 heteroatoms. The van der Waals surface area contributed by atoms with Gasteiger partial charge in [0.05, 0.1) is 10.6 Å². The highest BCUT2D eigenvalue weighted by Gasteiger charge is 2.31. The van der Waals surface area contributed by atoms with E-state index in [1.807, 2.05) is 12.1 Å². The zero-order valence-electron chi connectivity index (χ0n) is 11.1. The Balaban J connectivity index is 2.00. The van der Waals surface area contributed by atoms with Gasteiger partial charge in [-0.2, -0.15) is 0 Å². The van der Waals surface area contributed by atoms with Crippen molar-refractivity contribution in [2.75, 3.05) is 17.6 Å². The first-order chi connectivity index (χ1) is 8.45. The number of nitrogens with one attached hydrogen (secondary N) is 1. The number of sulfone groups is 1. The molecule has 1 fully saturated rings. The average molecular weight is 267 g/mol. The molecule has 1 saturated carbocycles. The molecule has 2 rings (SSSR count). The van der Waals surface area contributed by atoms with Gasteiger partial charge in [-0.15, -0.1) is 0 Å². The minimum atomic E-state index is -3.08. The van der Waals surface area contributed by atoms with Crippen molar-refractivity contribution in [3.8, 4) is 0 Å². The summed E-state index contributed by atoms with van der Waals surface area (Å²) in [6.07, 6.45) is 3.89. The molecule has 1 aliphatic rings. The quantitative estimate of drug-likeness (QED) is 0.891. The molecule has 100 valence electrons. The molecule has 0 heterocycles. The number of benzene rings is 1. The van der Waals surface area contributed by atoms with Gasteiger partial charge in [0.15, 0.2) is 9.84 Å². The number of rotatable bonds is 5. The second kappa shape index (κ2) is 4.92. The van der Waals surface area contributed by atoms with Crippen LogP contribution in [0.15, 0.2) is 29.2 Å². The summed E-state index contributed by atoms with van der Waals surface area (Å²) in [5.74, 6) is 0.151. The smallest absolute Gasteiger partial charge is 0.178 e. The van der Waals surface area contributed by atoms with Gasteiger partial charge in [0.1, 0.15) is 0 Å². The summed E-state index contributed by atoms with van der Waals surface area (Å²) in [6, 6.07) is 7.07. The van der Waals surface area contributed by atoms with E-state index in [9.17, 15) is 8.42 Å². The van der Waals surface area contributed by atoms with E-state index in [0.717, 1.165) is 12.2 Å². The van der Waals surface area contributed by atoms with Crippen LogP contribution in [0.4, 0.5) is 5.69 Å². The lowest BCUT2D eigenvalue weighted by Crippen LogP contribution is -2.33. The monoisotopic (exact) mass is 267 g/mol. The second-order valence-corrected chi connectivity index (χ2v) is 7.72. The molecule has 0 aliphatic heterocycles. The fraction of sp³-hybridized carbons (Fsp3) is 0.571. The summed E-state index contributed by atoms with van der Waals surface area (Å²) < 4.78 is 23.3. The van der Waals surface area contributed by atoms with Crippen LogP contribution in [0.1, 0.15) is 33.1 Å². The van der Waals surface area contributed by atoms with Crippen LogP contribution in [-0.2, 0) is 9.84 Å². The lowest BCUT2D eigenvalue weighted by Gasteiger charge is -2.38. The summed E-state index contributed by atoms with van der Waals surface area (Å²) in [5, 5.41) is 3.39. The average Bonchev–Trinajstić information content (AvgIpc) is 2.34. The normalized spacial score (nSPS) is 18.1. The Morgan fingerprint density at radius 2 is 1.83 bits per heavy atom. The van der Waals surface area contributed by atoms with E-state index in [4.69, 9.17) is 0 Å². The highest BCUT2D eigenvalue weighted by atomic mass is 32.2. The van der Waals surface area contributed by atoms with Crippen LogP contribution < -0.4 is 5.32 Å². The molecular weight excluding hydrogens is 246 g/mol. The Labute approximate surface area is 110 Å². The van der Waals surface area contributed by atoms with Gasteiger partial charge in [-0.1, -0.05) is 20.3 Å². The maximum Gasteiger partial charge on any atom is 0.178 e. The summed E-state index contributed by atoms with van der Waals surface area (Å²) in [5.41, 5.74) is 1.42. The van der Waals surface area contributed by atoms with Gasteiger partial charge in [0.2, 0.25) is 0 Å². The first kappa shape index (κ1) is 13.4. The van der Waals surface area contributed by atoms with Gasteiger partial charge in [0, 0.05) is 12.2 Å². The lowest BCUT2D eigenvalue weighted by atomic mass is 9.70. The molecule has 0 saturated heterocycles. The summed E-state index contributed by atoms with van der Waals surface area (Å²) in [6.45, 7) is 4.92. The molecule has 1 aliphatic carbocycles. The van der Waals surface area contributed by atoms with Crippen molar-refractivity contribution in [1.29, 1.82) is 0 Å². The van der Waals surface area contributed by atoms with Gasteiger partial charge < -0.3 is 5.32 Å². The molecule has 1 aromatic carbocycles. The lowest BCUT2D eigenvalue weighted by molar-refractivity contribution is 0.180. The van der Waals surface area contributed by atoms with Gasteiger partial charge in [-0.3, -0.25) is 0 Å².